The van der Waals surface area contributed by atoms with Crippen LogP contribution in [0.15, 0.2) is 0 Å². The summed E-state index contributed by atoms with van der Waals surface area (Å²) in [6.07, 6.45) is 2.96. The van der Waals surface area contributed by atoms with Crippen molar-refractivity contribution in [1.82, 2.24) is 5.32 Å². The van der Waals surface area contributed by atoms with E-state index in [2.05, 4.69) is 5.32 Å². The van der Waals surface area contributed by atoms with Gasteiger partial charge in [-0.3, -0.25) is 9.59 Å². The molecule has 1 aliphatic rings. The quantitative estimate of drug-likeness (QED) is 0.573. The highest BCUT2D eigenvalue weighted by atomic mass is 16.5. The average Bonchev–Trinajstić information content (AvgIpc) is 2.28. The average molecular weight is 258 g/mol. The number of rotatable bonds is 8. The Morgan fingerprint density at radius 1 is 1.50 bits per heavy atom. The molecule has 1 saturated carbocycles. The molecule has 1 aliphatic carbocycles. The zero-order chi connectivity index (χ0) is 13.6. The predicted molar refractivity (Wildman–Crippen MR) is 66.0 cm³/mol. The van der Waals surface area contributed by atoms with Gasteiger partial charge in [-0.05, 0) is 24.8 Å². The van der Waals surface area contributed by atoms with Crippen LogP contribution in [0.2, 0.25) is 0 Å². The monoisotopic (exact) mass is 258 g/mol. The summed E-state index contributed by atoms with van der Waals surface area (Å²) >= 11 is 0. The number of nitrogens with two attached hydrogens (primary N) is 1. The Balaban J connectivity index is 2.29. The minimum absolute atomic E-state index is 0.0283. The highest BCUT2D eigenvalue weighted by Crippen LogP contribution is 2.42. The summed E-state index contributed by atoms with van der Waals surface area (Å²) in [5.74, 6) is -1.01. The first-order valence-electron chi connectivity index (χ1n) is 6.23. The van der Waals surface area contributed by atoms with Crippen LogP contribution in [0, 0.1) is 5.41 Å². The van der Waals surface area contributed by atoms with E-state index in [-0.39, 0.29) is 24.3 Å². The maximum absolute atomic E-state index is 11.7. The molecular weight excluding hydrogens is 236 g/mol. The van der Waals surface area contributed by atoms with Crippen molar-refractivity contribution >= 4 is 11.9 Å². The molecule has 4 N–H and O–H groups in total. The van der Waals surface area contributed by atoms with E-state index < -0.39 is 12.1 Å². The molecule has 0 heterocycles. The number of aliphatic carboxylic acids is 1. The van der Waals surface area contributed by atoms with Gasteiger partial charge in [0.05, 0.1) is 12.5 Å². The van der Waals surface area contributed by atoms with Crippen molar-refractivity contribution in [2.24, 2.45) is 11.1 Å². The van der Waals surface area contributed by atoms with Gasteiger partial charge in [-0.15, -0.1) is 0 Å². The molecule has 1 unspecified atom stereocenters. The van der Waals surface area contributed by atoms with Gasteiger partial charge in [-0.1, -0.05) is 6.42 Å². The first-order chi connectivity index (χ1) is 8.51. The lowest BCUT2D eigenvalue weighted by Gasteiger charge is -2.40. The van der Waals surface area contributed by atoms with E-state index in [9.17, 15) is 9.59 Å². The van der Waals surface area contributed by atoms with Crippen LogP contribution < -0.4 is 11.1 Å². The number of amides is 1. The minimum atomic E-state index is -0.937. The van der Waals surface area contributed by atoms with E-state index in [4.69, 9.17) is 15.6 Å². The Morgan fingerprint density at radius 3 is 2.56 bits per heavy atom. The molecule has 0 saturated heterocycles. The van der Waals surface area contributed by atoms with E-state index in [1.54, 1.807) is 0 Å². The zero-order valence-electron chi connectivity index (χ0n) is 10.8. The second-order valence-corrected chi connectivity index (χ2v) is 4.99. The number of hydrogen-bond acceptors (Lipinski definition) is 4. The Bertz CT molecular complexity index is 297. The van der Waals surface area contributed by atoms with Crippen LogP contribution in [-0.4, -0.2) is 43.3 Å². The molecule has 0 aromatic heterocycles. The van der Waals surface area contributed by atoms with Crippen molar-refractivity contribution in [3.63, 3.8) is 0 Å². The number of carboxylic acids is 1. The number of carbonyl (C=O) groups excluding carboxylic acids is 1. The molecule has 0 spiro atoms. The fourth-order valence-corrected chi connectivity index (χ4v) is 2.19. The number of ether oxygens (including phenoxy) is 1. The van der Waals surface area contributed by atoms with Crippen molar-refractivity contribution in [1.29, 1.82) is 0 Å². The molecule has 1 rings (SSSR count). The van der Waals surface area contributed by atoms with Crippen LogP contribution in [0.3, 0.4) is 0 Å². The Labute approximate surface area is 107 Å². The molecule has 6 heteroatoms. The molecule has 104 valence electrons. The Morgan fingerprint density at radius 2 is 2.17 bits per heavy atom. The van der Waals surface area contributed by atoms with E-state index in [0.717, 1.165) is 19.3 Å². The molecule has 0 aromatic rings. The molecule has 1 amide bonds. The summed E-state index contributed by atoms with van der Waals surface area (Å²) in [6, 6.07) is 0. The van der Waals surface area contributed by atoms with Gasteiger partial charge in [0.2, 0.25) is 5.91 Å². The van der Waals surface area contributed by atoms with Crippen LogP contribution >= 0.6 is 0 Å². The van der Waals surface area contributed by atoms with Crippen molar-refractivity contribution in [3.05, 3.63) is 0 Å². The van der Waals surface area contributed by atoms with Gasteiger partial charge in [0.1, 0.15) is 0 Å². The third-order valence-electron chi connectivity index (χ3n) is 3.65. The molecule has 1 atom stereocenters. The first-order valence-corrected chi connectivity index (χ1v) is 6.23. The first kappa shape index (κ1) is 14.9. The minimum Gasteiger partial charge on any atom is -0.481 e. The largest absolute Gasteiger partial charge is 0.481 e. The molecule has 18 heavy (non-hydrogen) atoms. The van der Waals surface area contributed by atoms with Gasteiger partial charge in [0.25, 0.3) is 0 Å². The fourth-order valence-electron chi connectivity index (χ4n) is 2.19. The van der Waals surface area contributed by atoms with E-state index in [1.165, 1.54) is 7.11 Å². The van der Waals surface area contributed by atoms with Crippen LogP contribution in [0.4, 0.5) is 0 Å². The van der Waals surface area contributed by atoms with Gasteiger partial charge in [0.15, 0.2) is 0 Å². The summed E-state index contributed by atoms with van der Waals surface area (Å²) in [4.78, 5) is 22.3. The summed E-state index contributed by atoms with van der Waals surface area (Å²) in [7, 11) is 1.44. The third kappa shape index (κ3) is 4.27. The third-order valence-corrected chi connectivity index (χ3v) is 3.65. The second-order valence-electron chi connectivity index (χ2n) is 4.99. The maximum Gasteiger partial charge on any atom is 0.306 e. The molecule has 0 aromatic carbocycles. The number of carboxylic acid groups (broad SMARTS) is 1. The van der Waals surface area contributed by atoms with Crippen molar-refractivity contribution in [2.75, 3.05) is 20.2 Å². The zero-order valence-corrected chi connectivity index (χ0v) is 10.8. The summed E-state index contributed by atoms with van der Waals surface area (Å²) in [5, 5.41) is 11.4. The second kappa shape index (κ2) is 6.70. The predicted octanol–water partition coefficient (Wildman–Crippen LogP) is 0.111. The fraction of sp³-hybridized carbons (Fsp3) is 0.833. The van der Waals surface area contributed by atoms with Gasteiger partial charge >= 0.3 is 5.97 Å². The SMILES string of the molecule is COC(CNC(=O)CC1(CN)CCC1)CC(=O)O. The lowest BCUT2D eigenvalue weighted by atomic mass is 9.66. The number of methoxy groups -OCH3 is 1. The van der Waals surface area contributed by atoms with Gasteiger partial charge in [-0.2, -0.15) is 0 Å². The molecule has 6 nitrogen and oxygen atoms in total. The number of hydrogen-bond donors (Lipinski definition) is 3. The van der Waals surface area contributed by atoms with Crippen LogP contribution in [0.25, 0.3) is 0 Å². The van der Waals surface area contributed by atoms with Crippen molar-refractivity contribution in [3.8, 4) is 0 Å². The topological polar surface area (TPSA) is 102 Å². The van der Waals surface area contributed by atoms with Crippen molar-refractivity contribution < 1.29 is 19.4 Å². The lowest BCUT2D eigenvalue weighted by Crippen LogP contribution is -2.43. The number of carbonyl (C=O) groups is 2. The van der Waals surface area contributed by atoms with Crippen LogP contribution in [0.1, 0.15) is 32.1 Å². The summed E-state index contributed by atoms with van der Waals surface area (Å²) < 4.78 is 4.99. The Hall–Kier alpha value is -1.14. The molecule has 0 aliphatic heterocycles. The van der Waals surface area contributed by atoms with E-state index in [0.29, 0.717) is 13.0 Å². The Kier molecular flexibility index (Phi) is 5.55. The molecule has 0 radical (unpaired) electrons. The van der Waals surface area contributed by atoms with Gasteiger partial charge in [-0.25, -0.2) is 0 Å². The number of nitrogens with one attached hydrogen (secondary N) is 1. The van der Waals surface area contributed by atoms with Crippen LogP contribution in [-0.2, 0) is 14.3 Å². The standard InChI is InChI=1S/C12H22N2O4/c1-18-9(5-11(16)17)7-14-10(15)6-12(8-13)3-2-4-12/h9H,2-8,13H2,1H3,(H,14,15)(H,16,17). The molecular formula is C12H22N2O4. The highest BCUT2D eigenvalue weighted by molar-refractivity contribution is 5.77. The van der Waals surface area contributed by atoms with Crippen LogP contribution in [0.5, 0.6) is 0 Å². The lowest BCUT2D eigenvalue weighted by molar-refractivity contribution is -0.140. The summed E-state index contributed by atoms with van der Waals surface area (Å²) in [5.41, 5.74) is 5.65. The van der Waals surface area contributed by atoms with Crippen molar-refractivity contribution in [2.45, 2.75) is 38.2 Å². The molecule has 0 bridgehead atoms. The highest BCUT2D eigenvalue weighted by Gasteiger charge is 2.37. The van der Waals surface area contributed by atoms with E-state index in [1.807, 2.05) is 0 Å². The maximum atomic E-state index is 11.7. The van der Waals surface area contributed by atoms with Gasteiger partial charge in [0, 0.05) is 20.1 Å². The van der Waals surface area contributed by atoms with Gasteiger partial charge < -0.3 is 20.9 Å². The normalized spacial score (nSPS) is 18.8. The summed E-state index contributed by atoms with van der Waals surface area (Å²) in [6.45, 7) is 0.755. The smallest absolute Gasteiger partial charge is 0.306 e. The van der Waals surface area contributed by atoms with E-state index >= 15 is 0 Å². The molecule has 1 fully saturated rings.